The van der Waals surface area contributed by atoms with Crippen LogP contribution in [0.1, 0.15) is 16.7 Å². The molecule has 0 aliphatic carbocycles. The predicted molar refractivity (Wildman–Crippen MR) is 84.8 cm³/mol. The summed E-state index contributed by atoms with van der Waals surface area (Å²) >= 11 is 0. The number of hydrogen-bond donors (Lipinski definition) is 0. The van der Waals surface area contributed by atoms with Gasteiger partial charge in [0.2, 0.25) is 11.8 Å². The Bertz CT molecular complexity index is 744. The average Bonchev–Trinajstić information content (AvgIpc) is 2.51. The van der Waals surface area contributed by atoms with Crippen LogP contribution in [0.3, 0.4) is 0 Å². The smallest absolute Gasteiger partial charge is 0.227 e. The van der Waals surface area contributed by atoms with E-state index in [1.807, 2.05) is 37.3 Å². The fourth-order valence-electron chi connectivity index (χ4n) is 2.51. The summed E-state index contributed by atoms with van der Waals surface area (Å²) in [5, 5.41) is 8.73. The number of carbonyl (C=O) groups excluding carboxylic acids is 1. The average molecular weight is 307 g/mol. The molecule has 1 saturated heterocycles. The number of aromatic nitrogens is 1. The summed E-state index contributed by atoms with van der Waals surface area (Å²) in [6.45, 7) is 3.17. The van der Waals surface area contributed by atoms with Crippen LogP contribution in [0.25, 0.3) is 0 Å². The van der Waals surface area contributed by atoms with Gasteiger partial charge in [0.1, 0.15) is 12.2 Å². The number of likely N-dealkylation sites (tertiary alicyclic amines) is 1. The van der Waals surface area contributed by atoms with E-state index in [0.29, 0.717) is 31.0 Å². The number of aryl methyl sites for hydroxylation is 1. The highest BCUT2D eigenvalue weighted by Crippen LogP contribution is 2.17. The number of nitrogens with zero attached hydrogens (tertiary/aromatic N) is 3. The molecule has 5 nitrogen and oxygen atoms in total. The normalized spacial score (nSPS) is 14.0. The summed E-state index contributed by atoms with van der Waals surface area (Å²) < 4.78 is 5.69. The fourth-order valence-corrected chi connectivity index (χ4v) is 2.51. The predicted octanol–water partition coefficient (Wildman–Crippen LogP) is 2.09. The molecule has 1 fully saturated rings. The number of rotatable bonds is 4. The molecule has 0 N–H and O–H groups in total. The second-order valence-corrected chi connectivity index (χ2v) is 5.70. The lowest BCUT2D eigenvalue weighted by molar-refractivity contribution is -0.139. The number of nitriles is 1. The van der Waals surface area contributed by atoms with Crippen molar-refractivity contribution in [2.24, 2.45) is 0 Å². The zero-order valence-electron chi connectivity index (χ0n) is 12.9. The highest BCUT2D eigenvalue weighted by molar-refractivity contribution is 5.79. The van der Waals surface area contributed by atoms with Gasteiger partial charge in [0.15, 0.2) is 0 Å². The summed E-state index contributed by atoms with van der Waals surface area (Å²) in [4.78, 5) is 18.1. The fraction of sp³-hybridized carbons (Fsp3) is 0.278. The van der Waals surface area contributed by atoms with E-state index in [1.165, 1.54) is 6.20 Å². The van der Waals surface area contributed by atoms with Crippen LogP contribution >= 0.6 is 0 Å². The van der Waals surface area contributed by atoms with Gasteiger partial charge < -0.3 is 9.64 Å². The van der Waals surface area contributed by atoms with E-state index in [2.05, 4.69) is 4.98 Å². The van der Waals surface area contributed by atoms with Crippen molar-refractivity contribution in [1.29, 1.82) is 5.26 Å². The molecule has 0 bridgehead atoms. The number of hydrogen-bond acceptors (Lipinski definition) is 4. The highest BCUT2D eigenvalue weighted by Gasteiger charge is 2.32. The molecule has 1 aromatic heterocycles. The third kappa shape index (κ3) is 3.67. The lowest BCUT2D eigenvalue weighted by Gasteiger charge is -2.38. The van der Waals surface area contributed by atoms with Gasteiger partial charge in [-0.2, -0.15) is 5.26 Å². The SMILES string of the molecule is Cc1cccc(CC(=O)N2CC(Oc3ccc(C#N)cn3)C2)c1. The summed E-state index contributed by atoms with van der Waals surface area (Å²) in [5.74, 6) is 0.600. The van der Waals surface area contributed by atoms with E-state index >= 15 is 0 Å². The molecule has 0 saturated carbocycles. The number of pyridine rings is 1. The summed E-state index contributed by atoms with van der Waals surface area (Å²) in [6, 6.07) is 13.4. The van der Waals surface area contributed by atoms with Crippen LogP contribution in [0.4, 0.5) is 0 Å². The van der Waals surface area contributed by atoms with Crippen molar-refractivity contribution >= 4 is 5.91 Å². The van der Waals surface area contributed by atoms with E-state index in [-0.39, 0.29) is 12.0 Å². The van der Waals surface area contributed by atoms with E-state index < -0.39 is 0 Å². The minimum atomic E-state index is -0.0307. The van der Waals surface area contributed by atoms with Crippen LogP contribution in [-0.4, -0.2) is 35.0 Å². The Morgan fingerprint density at radius 1 is 1.39 bits per heavy atom. The Hall–Kier alpha value is -2.87. The van der Waals surface area contributed by atoms with Gasteiger partial charge in [-0.1, -0.05) is 29.8 Å². The summed E-state index contributed by atoms with van der Waals surface area (Å²) in [5.41, 5.74) is 2.70. The van der Waals surface area contributed by atoms with Crippen molar-refractivity contribution < 1.29 is 9.53 Å². The van der Waals surface area contributed by atoms with Crippen LogP contribution in [0.15, 0.2) is 42.6 Å². The molecule has 5 heteroatoms. The monoisotopic (exact) mass is 307 g/mol. The number of amides is 1. The van der Waals surface area contributed by atoms with E-state index in [0.717, 1.165) is 11.1 Å². The maximum atomic E-state index is 12.2. The zero-order valence-corrected chi connectivity index (χ0v) is 12.9. The first-order valence-corrected chi connectivity index (χ1v) is 7.50. The molecular formula is C18H17N3O2. The van der Waals surface area contributed by atoms with Gasteiger partial charge in [-0.05, 0) is 18.6 Å². The number of carbonyl (C=O) groups is 1. The molecular weight excluding hydrogens is 290 g/mol. The molecule has 116 valence electrons. The molecule has 1 aliphatic rings. The van der Waals surface area contributed by atoms with Crippen molar-refractivity contribution in [2.45, 2.75) is 19.4 Å². The maximum absolute atomic E-state index is 12.2. The van der Waals surface area contributed by atoms with Gasteiger partial charge in [0.05, 0.1) is 25.1 Å². The van der Waals surface area contributed by atoms with Crippen LogP contribution in [-0.2, 0) is 11.2 Å². The molecule has 0 radical (unpaired) electrons. The molecule has 0 spiro atoms. The molecule has 1 aromatic carbocycles. The van der Waals surface area contributed by atoms with Gasteiger partial charge in [-0.25, -0.2) is 4.98 Å². The number of benzene rings is 1. The van der Waals surface area contributed by atoms with E-state index in [4.69, 9.17) is 10.00 Å². The van der Waals surface area contributed by atoms with E-state index in [9.17, 15) is 4.79 Å². The van der Waals surface area contributed by atoms with Crippen molar-refractivity contribution in [3.8, 4) is 11.9 Å². The molecule has 23 heavy (non-hydrogen) atoms. The molecule has 0 unspecified atom stereocenters. The van der Waals surface area contributed by atoms with Crippen LogP contribution in [0.2, 0.25) is 0 Å². The molecule has 2 aromatic rings. The first kappa shape index (κ1) is 15.0. The Balaban J connectivity index is 1.48. The third-order valence-corrected chi connectivity index (χ3v) is 3.79. The first-order valence-electron chi connectivity index (χ1n) is 7.50. The van der Waals surface area contributed by atoms with Crippen LogP contribution in [0.5, 0.6) is 5.88 Å². The topological polar surface area (TPSA) is 66.2 Å². The highest BCUT2D eigenvalue weighted by atomic mass is 16.5. The maximum Gasteiger partial charge on any atom is 0.227 e. The van der Waals surface area contributed by atoms with Crippen molar-refractivity contribution in [3.05, 3.63) is 59.3 Å². The quantitative estimate of drug-likeness (QED) is 0.867. The Kier molecular flexibility index (Phi) is 4.24. The third-order valence-electron chi connectivity index (χ3n) is 3.79. The summed E-state index contributed by atoms with van der Waals surface area (Å²) in [6.07, 6.45) is 1.87. The zero-order chi connectivity index (χ0) is 16.2. The molecule has 1 amide bonds. The van der Waals surface area contributed by atoms with Crippen LogP contribution in [0, 0.1) is 18.3 Å². The minimum Gasteiger partial charge on any atom is -0.471 e. The van der Waals surface area contributed by atoms with Gasteiger partial charge in [-0.3, -0.25) is 4.79 Å². The number of ether oxygens (including phenoxy) is 1. The Morgan fingerprint density at radius 2 is 2.22 bits per heavy atom. The second-order valence-electron chi connectivity index (χ2n) is 5.70. The van der Waals surface area contributed by atoms with Gasteiger partial charge in [0.25, 0.3) is 0 Å². The van der Waals surface area contributed by atoms with Crippen molar-refractivity contribution in [2.75, 3.05) is 13.1 Å². The molecule has 1 aliphatic heterocycles. The lowest BCUT2D eigenvalue weighted by atomic mass is 10.1. The minimum absolute atomic E-state index is 0.0307. The second kappa shape index (κ2) is 6.49. The van der Waals surface area contributed by atoms with Crippen LogP contribution < -0.4 is 4.74 Å². The standard InChI is InChI=1S/C18H17N3O2/c1-13-3-2-4-14(7-13)8-18(22)21-11-16(12-21)23-17-6-5-15(9-19)10-20-17/h2-7,10,16H,8,11-12H2,1H3. The molecule has 3 rings (SSSR count). The molecule has 2 heterocycles. The van der Waals surface area contributed by atoms with E-state index in [1.54, 1.807) is 17.0 Å². The Labute approximate surface area is 135 Å². The Morgan fingerprint density at radius 3 is 2.87 bits per heavy atom. The van der Waals surface area contributed by atoms with Crippen molar-refractivity contribution in [1.82, 2.24) is 9.88 Å². The van der Waals surface area contributed by atoms with Gasteiger partial charge in [0, 0.05) is 12.3 Å². The lowest BCUT2D eigenvalue weighted by Crippen LogP contribution is -2.56. The van der Waals surface area contributed by atoms with Gasteiger partial charge in [-0.15, -0.1) is 0 Å². The van der Waals surface area contributed by atoms with Gasteiger partial charge >= 0.3 is 0 Å². The summed E-state index contributed by atoms with van der Waals surface area (Å²) in [7, 11) is 0. The first-order chi connectivity index (χ1) is 11.1. The molecule has 0 atom stereocenters. The largest absolute Gasteiger partial charge is 0.471 e. The van der Waals surface area contributed by atoms with Crippen molar-refractivity contribution in [3.63, 3.8) is 0 Å².